The van der Waals surface area contributed by atoms with Gasteiger partial charge in [-0.15, -0.1) is 0 Å². The van der Waals surface area contributed by atoms with Crippen molar-refractivity contribution in [3.8, 4) is 5.75 Å². The van der Waals surface area contributed by atoms with Crippen LogP contribution in [0.3, 0.4) is 0 Å². The van der Waals surface area contributed by atoms with E-state index in [0.29, 0.717) is 24.4 Å². The Kier molecular flexibility index (Phi) is 6.26. The molecule has 0 unspecified atom stereocenters. The van der Waals surface area contributed by atoms with Crippen LogP contribution in [-0.4, -0.2) is 38.0 Å². The smallest absolute Gasteiger partial charge is 0.310 e. The van der Waals surface area contributed by atoms with Crippen LogP contribution in [0.15, 0.2) is 48.5 Å². The van der Waals surface area contributed by atoms with Gasteiger partial charge in [0.15, 0.2) is 6.61 Å². The second kappa shape index (κ2) is 9.03. The summed E-state index contributed by atoms with van der Waals surface area (Å²) in [4.78, 5) is 37.3. The number of hydrogen-bond acceptors (Lipinski definition) is 5. The number of hydrogen-bond donors (Lipinski definition) is 1. The molecule has 7 heteroatoms. The Hall–Kier alpha value is -3.35. The Balaban J connectivity index is 1.44. The van der Waals surface area contributed by atoms with E-state index in [2.05, 4.69) is 5.32 Å². The van der Waals surface area contributed by atoms with Gasteiger partial charge in [0.1, 0.15) is 5.75 Å². The van der Waals surface area contributed by atoms with Crippen LogP contribution in [0.4, 0.5) is 11.4 Å². The third-order valence-electron chi connectivity index (χ3n) is 4.41. The molecule has 0 atom stereocenters. The van der Waals surface area contributed by atoms with Gasteiger partial charge in [0.2, 0.25) is 5.91 Å². The van der Waals surface area contributed by atoms with Crippen LogP contribution in [0, 0.1) is 0 Å². The summed E-state index contributed by atoms with van der Waals surface area (Å²) in [5.74, 6) is -0.0894. The van der Waals surface area contributed by atoms with E-state index >= 15 is 0 Å². The highest BCUT2D eigenvalue weighted by Gasteiger charge is 2.21. The van der Waals surface area contributed by atoms with Gasteiger partial charge in [0.05, 0.1) is 13.5 Å². The monoisotopic (exact) mass is 382 g/mol. The topological polar surface area (TPSA) is 84.9 Å². The van der Waals surface area contributed by atoms with Crippen molar-refractivity contribution in [1.29, 1.82) is 0 Å². The van der Waals surface area contributed by atoms with Gasteiger partial charge in [-0.3, -0.25) is 14.4 Å². The number of amides is 2. The Bertz CT molecular complexity index is 846. The number of nitrogens with one attached hydrogen (secondary N) is 1. The highest BCUT2D eigenvalue weighted by atomic mass is 16.5. The first-order valence-electron chi connectivity index (χ1n) is 9.04. The summed E-state index contributed by atoms with van der Waals surface area (Å²) >= 11 is 0. The largest absolute Gasteiger partial charge is 0.497 e. The lowest BCUT2D eigenvalue weighted by molar-refractivity contribution is -0.146. The molecule has 0 saturated carbocycles. The molecule has 2 aromatic carbocycles. The molecule has 1 fully saturated rings. The minimum absolute atomic E-state index is 0.0792. The number of carbonyl (C=O) groups is 3. The average Bonchev–Trinajstić information content (AvgIpc) is 3.13. The van der Waals surface area contributed by atoms with Crippen LogP contribution in [-0.2, 0) is 25.5 Å². The molecule has 146 valence electrons. The van der Waals surface area contributed by atoms with E-state index < -0.39 is 11.9 Å². The van der Waals surface area contributed by atoms with Gasteiger partial charge in [0, 0.05) is 24.3 Å². The lowest BCUT2D eigenvalue weighted by atomic mass is 10.1. The first kappa shape index (κ1) is 19.4. The molecule has 1 heterocycles. The summed E-state index contributed by atoms with van der Waals surface area (Å²) in [6.07, 6.45) is 1.51. The number of anilines is 2. The predicted octanol–water partition coefficient (Wildman–Crippen LogP) is 2.55. The van der Waals surface area contributed by atoms with Crippen LogP contribution in [0.25, 0.3) is 0 Å². The molecule has 1 aliphatic rings. The fraction of sp³-hybridized carbons (Fsp3) is 0.286. The normalized spacial score (nSPS) is 13.3. The molecule has 0 bridgehead atoms. The second-order valence-electron chi connectivity index (χ2n) is 6.43. The Morgan fingerprint density at radius 1 is 1.07 bits per heavy atom. The predicted molar refractivity (Wildman–Crippen MR) is 104 cm³/mol. The molecule has 1 aliphatic heterocycles. The van der Waals surface area contributed by atoms with Gasteiger partial charge in [-0.2, -0.15) is 0 Å². The summed E-state index contributed by atoms with van der Waals surface area (Å²) in [7, 11) is 1.57. The Labute approximate surface area is 163 Å². The number of methoxy groups -OCH3 is 1. The summed E-state index contributed by atoms with van der Waals surface area (Å²) in [6, 6.07) is 14.1. The third-order valence-corrected chi connectivity index (χ3v) is 4.41. The molecule has 1 saturated heterocycles. The molecule has 1 N–H and O–H groups in total. The molecule has 3 rings (SSSR count). The zero-order chi connectivity index (χ0) is 19.9. The number of benzene rings is 2. The summed E-state index contributed by atoms with van der Waals surface area (Å²) in [6.45, 7) is 0.357. The van der Waals surface area contributed by atoms with Crippen molar-refractivity contribution < 1.29 is 23.9 Å². The van der Waals surface area contributed by atoms with E-state index in [9.17, 15) is 14.4 Å². The number of carbonyl (C=O) groups excluding carboxylic acids is 3. The van der Waals surface area contributed by atoms with E-state index in [0.717, 1.165) is 17.7 Å². The van der Waals surface area contributed by atoms with Crippen molar-refractivity contribution in [1.82, 2.24) is 0 Å². The lowest BCUT2D eigenvalue weighted by Crippen LogP contribution is -2.24. The van der Waals surface area contributed by atoms with E-state index in [1.165, 1.54) is 0 Å². The minimum Gasteiger partial charge on any atom is -0.497 e. The van der Waals surface area contributed by atoms with Crippen LogP contribution in [0.2, 0.25) is 0 Å². The third kappa shape index (κ3) is 5.09. The first-order valence-corrected chi connectivity index (χ1v) is 9.04. The fourth-order valence-corrected chi connectivity index (χ4v) is 2.95. The van der Waals surface area contributed by atoms with Gasteiger partial charge >= 0.3 is 5.97 Å². The van der Waals surface area contributed by atoms with Crippen LogP contribution >= 0.6 is 0 Å². The van der Waals surface area contributed by atoms with Crippen molar-refractivity contribution >= 4 is 29.2 Å². The van der Waals surface area contributed by atoms with E-state index in [-0.39, 0.29) is 18.9 Å². The molecular weight excluding hydrogens is 360 g/mol. The number of nitrogens with zero attached hydrogens (tertiary/aromatic N) is 1. The quantitative estimate of drug-likeness (QED) is 0.744. The van der Waals surface area contributed by atoms with E-state index in [1.54, 1.807) is 60.5 Å². The Morgan fingerprint density at radius 3 is 2.39 bits per heavy atom. The first-order chi connectivity index (χ1) is 13.5. The molecular formula is C21H22N2O5. The van der Waals surface area contributed by atoms with Gasteiger partial charge in [-0.1, -0.05) is 12.1 Å². The molecule has 0 aliphatic carbocycles. The van der Waals surface area contributed by atoms with Gasteiger partial charge in [-0.05, 0) is 48.4 Å². The molecule has 2 aromatic rings. The summed E-state index contributed by atoms with van der Waals surface area (Å²) in [5, 5.41) is 2.67. The standard InChI is InChI=1S/C21H22N2O5/c1-27-18-10-4-15(5-11-18)13-21(26)28-14-19(24)22-16-6-8-17(9-7-16)23-12-2-3-20(23)25/h4-11H,2-3,12-14H2,1H3,(H,22,24). The molecule has 0 spiro atoms. The maximum absolute atomic E-state index is 12.0. The molecule has 28 heavy (non-hydrogen) atoms. The summed E-state index contributed by atoms with van der Waals surface area (Å²) < 4.78 is 10.1. The zero-order valence-electron chi connectivity index (χ0n) is 15.6. The molecule has 0 aromatic heterocycles. The minimum atomic E-state index is -0.483. The molecule has 2 amide bonds. The van der Waals surface area contributed by atoms with Crippen LogP contribution in [0.5, 0.6) is 5.75 Å². The van der Waals surface area contributed by atoms with E-state index in [1.807, 2.05) is 0 Å². The van der Waals surface area contributed by atoms with Crippen LogP contribution < -0.4 is 15.0 Å². The Morgan fingerprint density at radius 2 is 1.79 bits per heavy atom. The SMILES string of the molecule is COc1ccc(CC(=O)OCC(=O)Nc2ccc(N3CCCC3=O)cc2)cc1. The summed E-state index contributed by atoms with van der Waals surface area (Å²) in [5.41, 5.74) is 2.16. The van der Waals surface area contributed by atoms with Gasteiger partial charge in [-0.25, -0.2) is 0 Å². The van der Waals surface area contributed by atoms with Crippen molar-refractivity contribution in [3.63, 3.8) is 0 Å². The average molecular weight is 382 g/mol. The molecule has 7 nitrogen and oxygen atoms in total. The fourth-order valence-electron chi connectivity index (χ4n) is 2.95. The number of rotatable bonds is 7. The van der Waals surface area contributed by atoms with Gasteiger partial charge < -0.3 is 19.7 Å². The van der Waals surface area contributed by atoms with Crippen molar-refractivity contribution in [2.75, 3.05) is 30.5 Å². The number of ether oxygens (including phenoxy) is 2. The van der Waals surface area contributed by atoms with Gasteiger partial charge in [0.25, 0.3) is 5.91 Å². The maximum Gasteiger partial charge on any atom is 0.310 e. The second-order valence-corrected chi connectivity index (χ2v) is 6.43. The lowest BCUT2D eigenvalue weighted by Gasteiger charge is -2.16. The van der Waals surface area contributed by atoms with Crippen LogP contribution in [0.1, 0.15) is 18.4 Å². The highest BCUT2D eigenvalue weighted by molar-refractivity contribution is 5.96. The van der Waals surface area contributed by atoms with Crippen molar-refractivity contribution in [2.24, 2.45) is 0 Å². The number of esters is 1. The van der Waals surface area contributed by atoms with Crippen molar-refractivity contribution in [3.05, 3.63) is 54.1 Å². The zero-order valence-corrected chi connectivity index (χ0v) is 15.6. The van der Waals surface area contributed by atoms with Crippen molar-refractivity contribution in [2.45, 2.75) is 19.3 Å². The molecule has 0 radical (unpaired) electrons. The van der Waals surface area contributed by atoms with E-state index in [4.69, 9.17) is 9.47 Å². The maximum atomic E-state index is 12.0. The highest BCUT2D eigenvalue weighted by Crippen LogP contribution is 2.23.